The first-order valence-corrected chi connectivity index (χ1v) is 17.9. The van der Waals surface area contributed by atoms with Crippen molar-refractivity contribution in [2.45, 2.75) is 54.3 Å². The van der Waals surface area contributed by atoms with Crippen LogP contribution in [0.5, 0.6) is 0 Å². The number of likely N-dealkylation sites (tertiary alicyclic amines) is 1. The molecule has 3 aliphatic heterocycles. The molecular formula is C39H42BrN3O7. The second-order valence-electron chi connectivity index (χ2n) is 13.0. The van der Waals surface area contributed by atoms with Crippen molar-refractivity contribution in [3.05, 3.63) is 104 Å². The standard InChI is InChI=1S/C39H42BrN3O7/c1-3-5-16-31(45)49-24-30(26-13-7-6-8-14-26)41-36(46)32-33-37(47)43(20-11-21-44)35(39(33)23-29(40)34(32)50-39)38(48)42(19-4-2)28-18-17-25-12-9-10-15-27(25)22-28/h3-4,6-10,12-15,17-18,22,29-30,32-35,44H,1-2,5,11,16,19-21,23-24H2,(H,41,46)/t29?,30-,32+,33-,34+,35+,39-/m0/s1. The SMILES string of the molecule is C=CCCC(=O)OC[C@H](NC(=O)[C@H]1[C@@H]2O[C@@]3(CC2Br)[C@@H]1C(=O)N(CCCO)[C@@H]3C(=O)N(CC=C)c1ccc2ccccc2c1)c1ccccc1. The van der Waals surface area contributed by atoms with E-state index < -0.39 is 47.5 Å². The van der Waals surface area contributed by atoms with Crippen molar-refractivity contribution in [2.24, 2.45) is 11.8 Å². The van der Waals surface area contributed by atoms with Crippen LogP contribution in [0.2, 0.25) is 0 Å². The van der Waals surface area contributed by atoms with Crippen molar-refractivity contribution in [1.82, 2.24) is 10.2 Å². The second-order valence-corrected chi connectivity index (χ2v) is 14.2. The number of rotatable bonds is 15. The summed E-state index contributed by atoms with van der Waals surface area (Å²) in [6.45, 7) is 7.57. The molecule has 0 aromatic heterocycles. The van der Waals surface area contributed by atoms with E-state index in [-0.39, 0.29) is 55.8 Å². The fourth-order valence-corrected chi connectivity index (χ4v) is 8.72. The summed E-state index contributed by atoms with van der Waals surface area (Å²) in [6, 6.07) is 21.1. The van der Waals surface area contributed by atoms with E-state index in [1.807, 2.05) is 72.8 Å². The van der Waals surface area contributed by atoms with E-state index in [9.17, 15) is 24.3 Å². The number of alkyl halides is 1. The van der Waals surface area contributed by atoms with E-state index in [0.717, 1.165) is 16.3 Å². The molecule has 10 nitrogen and oxygen atoms in total. The summed E-state index contributed by atoms with van der Waals surface area (Å²) >= 11 is 3.74. The summed E-state index contributed by atoms with van der Waals surface area (Å²) in [4.78, 5) is 58.9. The first kappa shape index (κ1) is 35.5. The van der Waals surface area contributed by atoms with Crippen molar-refractivity contribution in [1.29, 1.82) is 0 Å². The summed E-state index contributed by atoms with van der Waals surface area (Å²) in [5.41, 5.74) is 0.0890. The van der Waals surface area contributed by atoms with Gasteiger partial charge in [0.25, 0.3) is 5.91 Å². The molecule has 262 valence electrons. The predicted octanol–water partition coefficient (Wildman–Crippen LogP) is 4.86. The summed E-state index contributed by atoms with van der Waals surface area (Å²) in [6.07, 6.45) is 3.83. The number of aliphatic hydroxyl groups is 1. The Hall–Kier alpha value is -4.32. The van der Waals surface area contributed by atoms with Crippen molar-refractivity contribution in [2.75, 3.05) is 31.2 Å². The number of hydrogen-bond donors (Lipinski definition) is 2. The van der Waals surface area contributed by atoms with Gasteiger partial charge in [0, 0.05) is 36.6 Å². The number of benzene rings is 3. The van der Waals surface area contributed by atoms with Crippen LogP contribution in [0.15, 0.2) is 98.1 Å². The second kappa shape index (κ2) is 15.3. The maximum atomic E-state index is 14.9. The topological polar surface area (TPSA) is 125 Å². The Balaban J connectivity index is 1.33. The zero-order valence-electron chi connectivity index (χ0n) is 27.8. The molecule has 3 fully saturated rings. The van der Waals surface area contributed by atoms with Crippen molar-refractivity contribution in [3.8, 4) is 0 Å². The maximum absolute atomic E-state index is 14.9. The number of aliphatic hydroxyl groups excluding tert-OH is 1. The van der Waals surface area contributed by atoms with Crippen LogP contribution in [0, 0.1) is 11.8 Å². The predicted molar refractivity (Wildman–Crippen MR) is 193 cm³/mol. The molecule has 7 atom stereocenters. The number of allylic oxidation sites excluding steroid dienone is 1. The van der Waals surface area contributed by atoms with Gasteiger partial charge in [-0.2, -0.15) is 0 Å². The van der Waals surface area contributed by atoms with E-state index in [1.54, 1.807) is 17.1 Å². The highest BCUT2D eigenvalue weighted by Gasteiger charge is 2.76. The summed E-state index contributed by atoms with van der Waals surface area (Å²) < 4.78 is 12.3. The number of hydrogen-bond acceptors (Lipinski definition) is 7. The lowest BCUT2D eigenvalue weighted by Crippen LogP contribution is -2.57. The molecule has 50 heavy (non-hydrogen) atoms. The third-order valence-electron chi connectivity index (χ3n) is 9.99. The van der Waals surface area contributed by atoms with Gasteiger partial charge in [0.1, 0.15) is 18.2 Å². The Morgan fingerprint density at radius 2 is 1.82 bits per heavy atom. The average Bonchev–Trinajstić information content (AvgIpc) is 3.73. The largest absolute Gasteiger partial charge is 0.463 e. The van der Waals surface area contributed by atoms with Crippen LogP contribution in [0.1, 0.15) is 37.3 Å². The van der Waals surface area contributed by atoms with Crippen LogP contribution in [0.25, 0.3) is 10.8 Å². The van der Waals surface area contributed by atoms with E-state index in [1.165, 1.54) is 4.90 Å². The molecule has 2 N–H and O–H groups in total. The lowest BCUT2D eigenvalue weighted by atomic mass is 9.70. The van der Waals surface area contributed by atoms with Gasteiger partial charge in [-0.1, -0.05) is 88.7 Å². The van der Waals surface area contributed by atoms with Gasteiger partial charge in [-0.05, 0) is 47.7 Å². The number of anilines is 1. The quantitative estimate of drug-likeness (QED) is 0.130. The van der Waals surface area contributed by atoms with Crippen molar-refractivity contribution in [3.63, 3.8) is 0 Å². The maximum Gasteiger partial charge on any atom is 0.306 e. The number of carbonyl (C=O) groups excluding carboxylic acids is 4. The van der Waals surface area contributed by atoms with Gasteiger partial charge in [0.15, 0.2) is 0 Å². The number of halogens is 1. The van der Waals surface area contributed by atoms with Crippen LogP contribution in [0.3, 0.4) is 0 Å². The average molecular weight is 745 g/mol. The molecule has 0 saturated carbocycles. The van der Waals surface area contributed by atoms with Crippen molar-refractivity contribution < 1.29 is 33.8 Å². The molecule has 1 unspecified atom stereocenters. The molecule has 0 aliphatic carbocycles. The molecule has 3 amide bonds. The summed E-state index contributed by atoms with van der Waals surface area (Å²) in [5, 5.41) is 14.8. The third-order valence-corrected chi connectivity index (χ3v) is 10.8. The number of carbonyl (C=O) groups is 4. The Morgan fingerprint density at radius 1 is 1.08 bits per heavy atom. The van der Waals surface area contributed by atoms with E-state index in [2.05, 4.69) is 34.4 Å². The molecule has 1 spiro atoms. The highest BCUT2D eigenvalue weighted by atomic mass is 79.9. The molecule has 3 saturated heterocycles. The zero-order valence-corrected chi connectivity index (χ0v) is 29.4. The molecule has 3 aromatic carbocycles. The highest BCUT2D eigenvalue weighted by molar-refractivity contribution is 9.09. The molecule has 3 aromatic rings. The van der Waals surface area contributed by atoms with Crippen LogP contribution in [-0.4, -0.2) is 82.6 Å². The minimum atomic E-state index is -1.29. The smallest absolute Gasteiger partial charge is 0.306 e. The van der Waals surface area contributed by atoms with Crippen LogP contribution in [0.4, 0.5) is 5.69 Å². The molecular weight excluding hydrogens is 702 g/mol. The Labute approximate surface area is 300 Å². The van der Waals surface area contributed by atoms with Gasteiger partial charge in [0.05, 0.1) is 24.0 Å². The third kappa shape index (κ3) is 6.61. The number of nitrogens with one attached hydrogen (secondary N) is 1. The molecule has 0 radical (unpaired) electrons. The summed E-state index contributed by atoms with van der Waals surface area (Å²) in [5.74, 6) is -3.41. The minimum Gasteiger partial charge on any atom is -0.463 e. The van der Waals surface area contributed by atoms with E-state index in [0.29, 0.717) is 18.5 Å². The molecule has 11 heteroatoms. The highest BCUT2D eigenvalue weighted by Crippen LogP contribution is 2.60. The van der Waals surface area contributed by atoms with Gasteiger partial charge in [-0.25, -0.2) is 0 Å². The first-order valence-electron chi connectivity index (χ1n) is 17.0. The van der Waals surface area contributed by atoms with Crippen LogP contribution < -0.4 is 10.2 Å². The Morgan fingerprint density at radius 3 is 2.54 bits per heavy atom. The number of amides is 3. The van der Waals surface area contributed by atoms with Gasteiger partial charge in [-0.3, -0.25) is 19.2 Å². The van der Waals surface area contributed by atoms with E-state index >= 15 is 0 Å². The van der Waals surface area contributed by atoms with E-state index in [4.69, 9.17) is 9.47 Å². The van der Waals surface area contributed by atoms with Crippen molar-refractivity contribution >= 4 is 56.1 Å². The van der Waals surface area contributed by atoms with Crippen LogP contribution >= 0.6 is 15.9 Å². The Kier molecular flexibility index (Phi) is 10.9. The van der Waals surface area contributed by atoms with Crippen LogP contribution in [-0.2, 0) is 28.7 Å². The van der Waals surface area contributed by atoms with Gasteiger partial charge in [0.2, 0.25) is 11.8 Å². The number of fused-ring (bicyclic) bond motifs is 2. The zero-order chi connectivity index (χ0) is 35.4. The first-order chi connectivity index (χ1) is 24.2. The number of nitrogens with zero attached hydrogens (tertiary/aromatic N) is 2. The normalized spacial score (nSPS) is 25.6. The fourth-order valence-electron chi connectivity index (χ4n) is 7.78. The number of ether oxygens (including phenoxy) is 2. The van der Waals surface area contributed by atoms with Gasteiger partial charge in [-0.15, -0.1) is 13.2 Å². The Bertz CT molecular complexity index is 1770. The minimum absolute atomic E-state index is 0.0997. The number of esters is 1. The molecule has 6 rings (SSSR count). The molecule has 3 aliphatic rings. The summed E-state index contributed by atoms with van der Waals surface area (Å²) in [7, 11) is 0. The lowest BCUT2D eigenvalue weighted by molar-refractivity contribution is -0.145. The fraction of sp³-hybridized carbons (Fsp3) is 0.385. The monoisotopic (exact) mass is 743 g/mol. The molecule has 3 heterocycles. The lowest BCUT2D eigenvalue weighted by Gasteiger charge is -2.37. The van der Waals surface area contributed by atoms with Gasteiger partial charge < -0.3 is 29.7 Å². The van der Waals surface area contributed by atoms with Gasteiger partial charge >= 0.3 is 5.97 Å². The molecule has 2 bridgehead atoms.